The Bertz CT molecular complexity index is 887. The molecule has 0 radical (unpaired) electrons. The van der Waals surface area contributed by atoms with Crippen LogP contribution in [0.4, 0.5) is 0 Å². The van der Waals surface area contributed by atoms with Crippen LogP contribution in [0, 0.1) is 0 Å². The largest absolute Gasteiger partial charge is 0.337 e. The molecule has 2 aromatic carbocycles. The summed E-state index contributed by atoms with van der Waals surface area (Å²) in [6, 6.07) is 14.2. The summed E-state index contributed by atoms with van der Waals surface area (Å²) in [4.78, 5) is 41.3. The van der Waals surface area contributed by atoms with Crippen molar-refractivity contribution in [2.75, 3.05) is 26.2 Å². The summed E-state index contributed by atoms with van der Waals surface area (Å²) >= 11 is 0. The van der Waals surface area contributed by atoms with Crippen LogP contribution in [-0.4, -0.2) is 53.7 Å². The molecule has 1 saturated heterocycles. The predicted molar refractivity (Wildman–Crippen MR) is 100 cm³/mol. The molecule has 4 rings (SSSR count). The van der Waals surface area contributed by atoms with E-state index in [1.165, 1.54) is 4.90 Å². The number of carbonyl (C=O) groups is 3. The Hall–Kier alpha value is -2.99. The molecule has 2 aliphatic heterocycles. The summed E-state index contributed by atoms with van der Waals surface area (Å²) in [5.74, 6) is -0.744. The van der Waals surface area contributed by atoms with Gasteiger partial charge in [0.05, 0.1) is 17.7 Å². The number of imide groups is 1. The standard InChI is InChI=1S/C21H21N3O3/c25-19(23-11-4-9-22-10-12-23)16-7-8-17-18(13-16)21(27)24(20(17)26)14-15-5-2-1-3-6-15/h1-3,5-8,13,22H,4,9-12,14H2. The van der Waals surface area contributed by atoms with E-state index in [4.69, 9.17) is 0 Å². The molecule has 0 unspecified atom stereocenters. The van der Waals surface area contributed by atoms with E-state index in [1.807, 2.05) is 30.3 Å². The van der Waals surface area contributed by atoms with Gasteiger partial charge in [0.15, 0.2) is 0 Å². The van der Waals surface area contributed by atoms with Gasteiger partial charge in [-0.3, -0.25) is 19.3 Å². The van der Waals surface area contributed by atoms with Crippen LogP contribution in [0.15, 0.2) is 48.5 Å². The van der Waals surface area contributed by atoms with Gasteiger partial charge in [-0.2, -0.15) is 0 Å². The highest BCUT2D eigenvalue weighted by molar-refractivity contribution is 6.22. The molecule has 2 aromatic rings. The summed E-state index contributed by atoms with van der Waals surface area (Å²) in [5.41, 5.74) is 2.03. The average Bonchev–Trinajstić information content (AvgIpc) is 2.91. The highest BCUT2D eigenvalue weighted by atomic mass is 16.2. The van der Waals surface area contributed by atoms with Gasteiger partial charge in [0.1, 0.15) is 0 Å². The molecule has 0 saturated carbocycles. The van der Waals surface area contributed by atoms with Gasteiger partial charge in [0, 0.05) is 25.2 Å². The molecule has 3 amide bonds. The quantitative estimate of drug-likeness (QED) is 0.846. The zero-order valence-electron chi connectivity index (χ0n) is 15.0. The number of hydrogen-bond acceptors (Lipinski definition) is 4. The summed E-state index contributed by atoms with van der Waals surface area (Å²) in [6.45, 7) is 3.22. The minimum Gasteiger partial charge on any atom is -0.337 e. The third-order valence-electron chi connectivity index (χ3n) is 5.03. The number of benzene rings is 2. The van der Waals surface area contributed by atoms with Gasteiger partial charge in [0.25, 0.3) is 17.7 Å². The van der Waals surface area contributed by atoms with Crippen LogP contribution in [0.3, 0.4) is 0 Å². The first-order chi connectivity index (χ1) is 13.1. The molecule has 6 heteroatoms. The number of fused-ring (bicyclic) bond motifs is 1. The summed E-state index contributed by atoms with van der Waals surface area (Å²) in [6.07, 6.45) is 0.902. The van der Waals surface area contributed by atoms with Gasteiger partial charge in [0.2, 0.25) is 0 Å². The second-order valence-electron chi connectivity index (χ2n) is 6.84. The number of carbonyl (C=O) groups excluding carboxylic acids is 3. The number of nitrogens with one attached hydrogen (secondary N) is 1. The molecule has 0 aliphatic carbocycles. The Balaban J connectivity index is 1.57. The maximum Gasteiger partial charge on any atom is 0.261 e. The Morgan fingerprint density at radius 3 is 2.52 bits per heavy atom. The van der Waals surface area contributed by atoms with E-state index in [0.29, 0.717) is 29.8 Å². The molecule has 138 valence electrons. The highest BCUT2D eigenvalue weighted by Crippen LogP contribution is 2.26. The molecule has 27 heavy (non-hydrogen) atoms. The van der Waals surface area contributed by atoms with Crippen LogP contribution in [-0.2, 0) is 6.54 Å². The lowest BCUT2D eigenvalue weighted by atomic mass is 10.0. The van der Waals surface area contributed by atoms with Crippen molar-refractivity contribution in [3.8, 4) is 0 Å². The van der Waals surface area contributed by atoms with Gasteiger partial charge in [-0.15, -0.1) is 0 Å². The van der Waals surface area contributed by atoms with Gasteiger partial charge in [-0.25, -0.2) is 0 Å². The van der Waals surface area contributed by atoms with E-state index in [9.17, 15) is 14.4 Å². The van der Waals surface area contributed by atoms with E-state index in [-0.39, 0.29) is 24.3 Å². The smallest absolute Gasteiger partial charge is 0.261 e. The Kier molecular flexibility index (Phi) is 4.73. The van der Waals surface area contributed by atoms with Crippen molar-refractivity contribution in [2.24, 2.45) is 0 Å². The molecule has 0 aromatic heterocycles. The molecule has 0 spiro atoms. The van der Waals surface area contributed by atoms with Gasteiger partial charge < -0.3 is 10.2 Å². The third kappa shape index (κ3) is 3.36. The van der Waals surface area contributed by atoms with Crippen LogP contribution in [0.25, 0.3) is 0 Å². The van der Waals surface area contributed by atoms with Crippen LogP contribution < -0.4 is 5.32 Å². The van der Waals surface area contributed by atoms with E-state index in [0.717, 1.165) is 25.1 Å². The van der Waals surface area contributed by atoms with Crippen molar-refractivity contribution in [3.63, 3.8) is 0 Å². The fourth-order valence-corrected chi connectivity index (χ4v) is 3.56. The molecule has 1 N–H and O–H groups in total. The minimum absolute atomic E-state index is 0.0942. The van der Waals surface area contributed by atoms with E-state index in [2.05, 4.69) is 5.32 Å². The maximum absolute atomic E-state index is 12.8. The maximum atomic E-state index is 12.8. The van der Waals surface area contributed by atoms with Gasteiger partial charge in [-0.1, -0.05) is 30.3 Å². The minimum atomic E-state index is -0.342. The Labute approximate surface area is 157 Å². The van der Waals surface area contributed by atoms with Crippen LogP contribution in [0.5, 0.6) is 0 Å². The number of rotatable bonds is 3. The number of nitrogens with zero attached hydrogens (tertiary/aromatic N) is 2. The van der Waals surface area contributed by atoms with Crippen LogP contribution >= 0.6 is 0 Å². The molecular weight excluding hydrogens is 342 g/mol. The molecule has 2 aliphatic rings. The first kappa shape index (κ1) is 17.4. The topological polar surface area (TPSA) is 69.7 Å². The predicted octanol–water partition coefficient (Wildman–Crippen LogP) is 1.92. The van der Waals surface area contributed by atoms with E-state index >= 15 is 0 Å². The Morgan fingerprint density at radius 2 is 1.70 bits per heavy atom. The molecule has 6 nitrogen and oxygen atoms in total. The monoisotopic (exact) mass is 363 g/mol. The second-order valence-corrected chi connectivity index (χ2v) is 6.84. The van der Waals surface area contributed by atoms with Crippen molar-refractivity contribution in [1.29, 1.82) is 0 Å². The first-order valence-corrected chi connectivity index (χ1v) is 9.19. The SMILES string of the molecule is O=C(c1ccc2c(c1)C(=O)N(Cc1ccccc1)C2=O)N1CCCNCC1. The zero-order chi connectivity index (χ0) is 18.8. The van der Waals surface area contributed by atoms with Crippen molar-refractivity contribution in [2.45, 2.75) is 13.0 Å². The summed E-state index contributed by atoms with van der Waals surface area (Å²) in [5, 5.41) is 3.27. The fourth-order valence-electron chi connectivity index (χ4n) is 3.56. The van der Waals surface area contributed by atoms with Crippen molar-refractivity contribution in [3.05, 3.63) is 70.8 Å². The van der Waals surface area contributed by atoms with Crippen LogP contribution in [0.2, 0.25) is 0 Å². The number of amides is 3. The molecule has 0 bridgehead atoms. The van der Waals surface area contributed by atoms with E-state index in [1.54, 1.807) is 23.1 Å². The number of hydrogen-bond donors (Lipinski definition) is 1. The normalized spacial score (nSPS) is 17.0. The second kappa shape index (κ2) is 7.32. The first-order valence-electron chi connectivity index (χ1n) is 9.19. The summed E-state index contributed by atoms with van der Waals surface area (Å²) < 4.78 is 0. The fraction of sp³-hybridized carbons (Fsp3) is 0.286. The van der Waals surface area contributed by atoms with Crippen molar-refractivity contribution >= 4 is 17.7 Å². The van der Waals surface area contributed by atoms with Crippen molar-refractivity contribution < 1.29 is 14.4 Å². The van der Waals surface area contributed by atoms with Gasteiger partial charge in [-0.05, 0) is 36.7 Å². The molecule has 1 fully saturated rings. The lowest BCUT2D eigenvalue weighted by Crippen LogP contribution is -2.34. The van der Waals surface area contributed by atoms with Gasteiger partial charge >= 0.3 is 0 Å². The van der Waals surface area contributed by atoms with Crippen LogP contribution in [0.1, 0.15) is 43.1 Å². The van der Waals surface area contributed by atoms with E-state index < -0.39 is 0 Å². The molecular formula is C21H21N3O3. The zero-order valence-corrected chi connectivity index (χ0v) is 15.0. The Morgan fingerprint density at radius 1 is 0.926 bits per heavy atom. The lowest BCUT2D eigenvalue weighted by Gasteiger charge is -2.20. The van der Waals surface area contributed by atoms with Crippen molar-refractivity contribution in [1.82, 2.24) is 15.1 Å². The third-order valence-corrected chi connectivity index (χ3v) is 5.03. The lowest BCUT2D eigenvalue weighted by molar-refractivity contribution is 0.0642. The highest BCUT2D eigenvalue weighted by Gasteiger charge is 2.36. The molecule has 2 heterocycles. The summed E-state index contributed by atoms with van der Waals surface area (Å²) in [7, 11) is 0. The average molecular weight is 363 g/mol. The molecule has 0 atom stereocenters.